The molecule has 0 atom stereocenters. The molecule has 1 rings (SSSR count). The number of rotatable bonds is 7. The van der Waals surface area contributed by atoms with Crippen molar-refractivity contribution in [2.45, 2.75) is 19.8 Å². The van der Waals surface area contributed by atoms with Crippen LogP contribution in [0.25, 0.3) is 0 Å². The van der Waals surface area contributed by atoms with Gasteiger partial charge in [-0.2, -0.15) is 0 Å². The van der Waals surface area contributed by atoms with Gasteiger partial charge in [-0.1, -0.05) is 6.92 Å². The van der Waals surface area contributed by atoms with Gasteiger partial charge in [0.15, 0.2) is 0 Å². The molecule has 0 spiro atoms. The van der Waals surface area contributed by atoms with E-state index in [2.05, 4.69) is 15.7 Å². The predicted molar refractivity (Wildman–Crippen MR) is 76.3 cm³/mol. The molecule has 0 fully saturated rings. The second-order valence-electron chi connectivity index (χ2n) is 4.21. The summed E-state index contributed by atoms with van der Waals surface area (Å²) in [5.74, 6) is 5.21. The number of sulfonamides is 1. The number of nitrogens with two attached hydrogens (primary N) is 2. The highest BCUT2D eigenvalue weighted by molar-refractivity contribution is 7.89. The third kappa shape index (κ3) is 5.51. The summed E-state index contributed by atoms with van der Waals surface area (Å²) in [5, 5.41) is 7.49. The highest BCUT2D eigenvalue weighted by atomic mass is 32.2. The molecule has 1 aromatic heterocycles. The maximum atomic E-state index is 11.9. The first-order valence-corrected chi connectivity index (χ1v) is 7.83. The van der Waals surface area contributed by atoms with Crippen molar-refractivity contribution in [3.05, 3.63) is 23.4 Å². The van der Waals surface area contributed by atoms with Gasteiger partial charge in [-0.3, -0.25) is 4.79 Å². The molecule has 0 aliphatic heterocycles. The van der Waals surface area contributed by atoms with Crippen LogP contribution in [0.15, 0.2) is 12.1 Å². The number of nitrogen functional groups attached to an aromatic ring is 1. The molecule has 112 valence electrons. The average molecular weight is 301 g/mol. The summed E-state index contributed by atoms with van der Waals surface area (Å²) in [4.78, 5) is 16.1. The van der Waals surface area contributed by atoms with Crippen LogP contribution in [0, 0.1) is 0 Å². The molecular weight excluding hydrogens is 282 g/mol. The molecule has 8 nitrogen and oxygen atoms in total. The number of nitrogens with zero attached hydrogens (tertiary/aromatic N) is 1. The summed E-state index contributed by atoms with van der Waals surface area (Å²) in [6.45, 7) is 2.14. The van der Waals surface area contributed by atoms with E-state index in [1.54, 1.807) is 6.07 Å². The largest absolute Gasteiger partial charge is 0.352 e. The highest BCUT2D eigenvalue weighted by Gasteiger charge is 2.09. The number of aromatic nitrogens is 1. The van der Waals surface area contributed by atoms with Crippen LogP contribution in [-0.2, 0) is 16.4 Å². The number of primary sulfonamides is 1. The molecule has 0 aliphatic rings. The average Bonchev–Trinajstić information content (AvgIpc) is 2.41. The van der Waals surface area contributed by atoms with Crippen molar-refractivity contribution in [1.82, 2.24) is 10.3 Å². The first kappa shape index (κ1) is 16.3. The maximum absolute atomic E-state index is 11.9. The van der Waals surface area contributed by atoms with Crippen molar-refractivity contribution in [2.75, 3.05) is 17.7 Å². The molecule has 20 heavy (non-hydrogen) atoms. The Balaban J connectivity index is 2.63. The maximum Gasteiger partial charge on any atom is 0.251 e. The molecule has 9 heteroatoms. The van der Waals surface area contributed by atoms with E-state index in [1.165, 1.54) is 6.07 Å². The number of hydrogen-bond acceptors (Lipinski definition) is 6. The number of hydrogen-bond donors (Lipinski definition) is 4. The minimum atomic E-state index is -3.50. The van der Waals surface area contributed by atoms with Gasteiger partial charge in [-0.25, -0.2) is 24.4 Å². The summed E-state index contributed by atoms with van der Waals surface area (Å²) in [5.41, 5.74) is 3.55. The Bertz CT molecular complexity index is 551. The molecule has 0 aliphatic carbocycles. The van der Waals surface area contributed by atoms with Crippen LogP contribution in [0.5, 0.6) is 0 Å². The number of hydrazine groups is 1. The van der Waals surface area contributed by atoms with Gasteiger partial charge in [0.1, 0.15) is 5.82 Å². The van der Waals surface area contributed by atoms with Crippen molar-refractivity contribution >= 4 is 21.7 Å². The van der Waals surface area contributed by atoms with E-state index in [9.17, 15) is 13.2 Å². The molecule has 1 heterocycles. The lowest BCUT2D eigenvalue weighted by Gasteiger charge is -2.08. The standard InChI is InChI=1S/C11H19N5O3S/c1-2-9-6-8(7-10(15-9)16-12)11(17)14-4-3-5-20(13,18)19/h6-7H,2-5,12H2,1H3,(H,14,17)(H,15,16)(H2,13,18,19). The molecule has 1 aromatic rings. The Morgan fingerprint density at radius 3 is 2.65 bits per heavy atom. The fraction of sp³-hybridized carbons (Fsp3) is 0.455. The van der Waals surface area contributed by atoms with Gasteiger partial charge in [0.2, 0.25) is 10.0 Å². The first-order chi connectivity index (χ1) is 9.35. The molecule has 1 amide bonds. The normalized spacial score (nSPS) is 11.2. The lowest BCUT2D eigenvalue weighted by atomic mass is 10.2. The third-order valence-corrected chi connectivity index (χ3v) is 3.40. The Kier molecular flexibility index (Phi) is 5.86. The number of aryl methyl sites for hydroxylation is 1. The van der Waals surface area contributed by atoms with Crippen LogP contribution < -0.4 is 21.7 Å². The van der Waals surface area contributed by atoms with Gasteiger partial charge in [0.25, 0.3) is 5.91 Å². The SMILES string of the molecule is CCc1cc(C(=O)NCCCS(N)(=O)=O)cc(NN)n1. The summed E-state index contributed by atoms with van der Waals surface area (Å²) >= 11 is 0. The Morgan fingerprint density at radius 1 is 1.40 bits per heavy atom. The van der Waals surface area contributed by atoms with Crippen LogP contribution in [0.4, 0.5) is 5.82 Å². The fourth-order valence-electron chi connectivity index (χ4n) is 1.55. The summed E-state index contributed by atoms with van der Waals surface area (Å²) in [6, 6.07) is 3.18. The molecule has 0 saturated carbocycles. The zero-order chi connectivity index (χ0) is 15.2. The summed E-state index contributed by atoms with van der Waals surface area (Å²) in [7, 11) is -3.50. The van der Waals surface area contributed by atoms with Crippen molar-refractivity contribution < 1.29 is 13.2 Å². The minimum Gasteiger partial charge on any atom is -0.352 e. The van der Waals surface area contributed by atoms with Gasteiger partial charge >= 0.3 is 0 Å². The second-order valence-corrected chi connectivity index (χ2v) is 5.94. The Labute approximate surface area is 118 Å². The second kappa shape index (κ2) is 7.17. The predicted octanol–water partition coefficient (Wildman–Crippen LogP) is -0.662. The van der Waals surface area contributed by atoms with Crippen LogP contribution >= 0.6 is 0 Å². The highest BCUT2D eigenvalue weighted by Crippen LogP contribution is 2.10. The number of carbonyl (C=O) groups is 1. The van der Waals surface area contributed by atoms with E-state index in [0.717, 1.165) is 5.69 Å². The molecule has 0 saturated heterocycles. The van der Waals surface area contributed by atoms with E-state index in [0.29, 0.717) is 17.8 Å². The molecule has 0 radical (unpaired) electrons. The number of carbonyl (C=O) groups excluding carboxylic acids is 1. The van der Waals surface area contributed by atoms with Crippen LogP contribution in [0.1, 0.15) is 29.4 Å². The van der Waals surface area contributed by atoms with E-state index in [-0.39, 0.29) is 24.6 Å². The first-order valence-electron chi connectivity index (χ1n) is 6.12. The summed E-state index contributed by atoms with van der Waals surface area (Å²) in [6.07, 6.45) is 0.930. The topological polar surface area (TPSA) is 140 Å². The van der Waals surface area contributed by atoms with E-state index < -0.39 is 10.0 Å². The summed E-state index contributed by atoms with van der Waals surface area (Å²) < 4.78 is 21.5. The monoisotopic (exact) mass is 301 g/mol. The smallest absolute Gasteiger partial charge is 0.251 e. The van der Waals surface area contributed by atoms with Crippen molar-refractivity contribution in [3.8, 4) is 0 Å². The number of anilines is 1. The van der Waals surface area contributed by atoms with Gasteiger partial charge in [-0.15, -0.1) is 0 Å². The number of nitrogens with one attached hydrogen (secondary N) is 2. The van der Waals surface area contributed by atoms with Crippen LogP contribution in [-0.4, -0.2) is 31.6 Å². The zero-order valence-electron chi connectivity index (χ0n) is 11.2. The minimum absolute atomic E-state index is 0.167. The van der Waals surface area contributed by atoms with Gasteiger partial charge in [0, 0.05) is 17.8 Å². The fourth-order valence-corrected chi connectivity index (χ4v) is 2.10. The lowest BCUT2D eigenvalue weighted by molar-refractivity contribution is 0.0953. The van der Waals surface area contributed by atoms with Gasteiger partial charge < -0.3 is 10.7 Å². The van der Waals surface area contributed by atoms with Crippen molar-refractivity contribution in [3.63, 3.8) is 0 Å². The molecule has 0 unspecified atom stereocenters. The van der Waals surface area contributed by atoms with Crippen LogP contribution in [0.2, 0.25) is 0 Å². The molecule has 0 bridgehead atoms. The van der Waals surface area contributed by atoms with E-state index >= 15 is 0 Å². The van der Waals surface area contributed by atoms with E-state index in [1.807, 2.05) is 6.92 Å². The lowest BCUT2D eigenvalue weighted by Crippen LogP contribution is -2.27. The Hall–Kier alpha value is -1.71. The van der Waals surface area contributed by atoms with E-state index in [4.69, 9.17) is 11.0 Å². The third-order valence-electron chi connectivity index (χ3n) is 2.54. The molecule has 6 N–H and O–H groups in total. The quantitative estimate of drug-likeness (QED) is 0.299. The van der Waals surface area contributed by atoms with Gasteiger partial charge in [-0.05, 0) is 25.0 Å². The number of pyridine rings is 1. The molecule has 0 aromatic carbocycles. The van der Waals surface area contributed by atoms with Crippen molar-refractivity contribution in [2.24, 2.45) is 11.0 Å². The zero-order valence-corrected chi connectivity index (χ0v) is 12.0. The molecular formula is C11H19N5O3S. The van der Waals surface area contributed by atoms with Gasteiger partial charge in [0.05, 0.1) is 5.75 Å². The Morgan fingerprint density at radius 2 is 2.10 bits per heavy atom. The number of amides is 1. The van der Waals surface area contributed by atoms with Crippen molar-refractivity contribution in [1.29, 1.82) is 0 Å². The van der Waals surface area contributed by atoms with Crippen LogP contribution in [0.3, 0.4) is 0 Å².